The number of hydrogen-bond donors (Lipinski definition) is 1. The number of anilines is 1. The van der Waals surface area contributed by atoms with Crippen LogP contribution in [0.2, 0.25) is 0 Å². The van der Waals surface area contributed by atoms with Crippen molar-refractivity contribution < 1.29 is 0 Å². The van der Waals surface area contributed by atoms with Crippen molar-refractivity contribution in [1.29, 1.82) is 0 Å². The van der Waals surface area contributed by atoms with Crippen LogP contribution < -0.4 is 5.73 Å². The van der Waals surface area contributed by atoms with Crippen LogP contribution in [0.3, 0.4) is 0 Å². The molecule has 0 saturated heterocycles. The Hall–Kier alpha value is -1.03. The molecule has 0 aliphatic carbocycles. The number of nitrogens with zero attached hydrogens (tertiary/aromatic N) is 2. The SMILES string of the molecule is Cc1cccn2c(N)nc(Br)c12. The zero-order valence-corrected chi connectivity index (χ0v) is 8.17. The predicted octanol–water partition coefficient (Wildman–Crippen LogP) is 1.99. The number of pyridine rings is 1. The highest BCUT2D eigenvalue weighted by molar-refractivity contribution is 9.10. The molecule has 0 aromatic carbocycles. The predicted molar refractivity (Wildman–Crippen MR) is 52.0 cm³/mol. The monoisotopic (exact) mass is 225 g/mol. The average molecular weight is 226 g/mol. The first-order chi connectivity index (χ1) is 5.70. The van der Waals surface area contributed by atoms with E-state index in [2.05, 4.69) is 20.9 Å². The molecule has 0 aliphatic rings. The van der Waals surface area contributed by atoms with Gasteiger partial charge in [0.05, 0.1) is 5.52 Å². The van der Waals surface area contributed by atoms with Crippen LogP contribution in [0.5, 0.6) is 0 Å². The minimum absolute atomic E-state index is 0.514. The fourth-order valence-corrected chi connectivity index (χ4v) is 1.96. The van der Waals surface area contributed by atoms with Crippen molar-refractivity contribution in [3.8, 4) is 0 Å². The second kappa shape index (κ2) is 2.48. The van der Waals surface area contributed by atoms with Crippen molar-refractivity contribution in [1.82, 2.24) is 9.38 Å². The summed E-state index contributed by atoms with van der Waals surface area (Å²) >= 11 is 3.36. The number of rotatable bonds is 0. The van der Waals surface area contributed by atoms with Crippen LogP contribution in [0.4, 0.5) is 5.95 Å². The lowest BCUT2D eigenvalue weighted by Gasteiger charge is -1.97. The Morgan fingerprint density at radius 1 is 1.58 bits per heavy atom. The third-order valence-corrected chi connectivity index (χ3v) is 2.40. The summed E-state index contributed by atoms with van der Waals surface area (Å²) in [4.78, 5) is 4.11. The molecular weight excluding hydrogens is 218 g/mol. The summed E-state index contributed by atoms with van der Waals surface area (Å²) in [6, 6.07) is 3.98. The normalized spacial score (nSPS) is 10.8. The van der Waals surface area contributed by atoms with Gasteiger partial charge < -0.3 is 5.73 Å². The van der Waals surface area contributed by atoms with Crippen molar-refractivity contribution in [2.75, 3.05) is 5.73 Å². The van der Waals surface area contributed by atoms with Crippen LogP contribution in [-0.2, 0) is 0 Å². The topological polar surface area (TPSA) is 43.3 Å². The molecule has 0 radical (unpaired) electrons. The molecular formula is C8H8BrN3. The van der Waals surface area contributed by atoms with Crippen molar-refractivity contribution in [2.45, 2.75) is 6.92 Å². The maximum atomic E-state index is 5.67. The fourth-order valence-electron chi connectivity index (χ4n) is 1.28. The van der Waals surface area contributed by atoms with E-state index < -0.39 is 0 Å². The van der Waals surface area contributed by atoms with Gasteiger partial charge in [-0.2, -0.15) is 0 Å². The van der Waals surface area contributed by atoms with E-state index in [1.54, 1.807) is 0 Å². The number of fused-ring (bicyclic) bond motifs is 1. The molecule has 2 heterocycles. The molecule has 0 spiro atoms. The second-order valence-corrected chi connectivity index (χ2v) is 3.42. The summed E-state index contributed by atoms with van der Waals surface area (Å²) in [7, 11) is 0. The molecule has 2 aromatic rings. The van der Waals surface area contributed by atoms with Gasteiger partial charge in [0.2, 0.25) is 5.95 Å². The van der Waals surface area contributed by atoms with Crippen LogP contribution in [0.1, 0.15) is 5.56 Å². The average Bonchev–Trinajstić information content (AvgIpc) is 2.29. The van der Waals surface area contributed by atoms with Gasteiger partial charge >= 0.3 is 0 Å². The summed E-state index contributed by atoms with van der Waals surface area (Å²) in [6.07, 6.45) is 1.90. The van der Waals surface area contributed by atoms with Gasteiger partial charge in [-0.05, 0) is 34.5 Å². The van der Waals surface area contributed by atoms with E-state index in [0.29, 0.717) is 5.95 Å². The zero-order chi connectivity index (χ0) is 8.72. The van der Waals surface area contributed by atoms with E-state index in [1.165, 1.54) is 0 Å². The van der Waals surface area contributed by atoms with Crippen LogP contribution in [0, 0.1) is 6.92 Å². The third-order valence-electron chi connectivity index (χ3n) is 1.85. The van der Waals surface area contributed by atoms with Crippen molar-refractivity contribution >= 4 is 27.4 Å². The van der Waals surface area contributed by atoms with Gasteiger partial charge in [-0.15, -0.1) is 0 Å². The number of aryl methyl sites for hydroxylation is 1. The number of aromatic nitrogens is 2. The summed E-state index contributed by atoms with van der Waals surface area (Å²) in [6.45, 7) is 2.03. The molecule has 2 aromatic heterocycles. The first-order valence-electron chi connectivity index (χ1n) is 3.59. The van der Waals surface area contributed by atoms with Crippen LogP contribution in [-0.4, -0.2) is 9.38 Å². The Labute approximate surface area is 78.3 Å². The smallest absolute Gasteiger partial charge is 0.205 e. The summed E-state index contributed by atoms with van der Waals surface area (Å²) in [5.41, 5.74) is 7.87. The highest BCUT2D eigenvalue weighted by atomic mass is 79.9. The standard InChI is InChI=1S/C8H8BrN3/c1-5-3-2-4-12-6(5)7(9)11-8(12)10/h2-4H,1H3,(H2,10,11). The largest absolute Gasteiger partial charge is 0.369 e. The van der Waals surface area contributed by atoms with Crippen LogP contribution in [0.15, 0.2) is 22.9 Å². The second-order valence-electron chi connectivity index (χ2n) is 2.67. The molecule has 2 N–H and O–H groups in total. The highest BCUT2D eigenvalue weighted by Gasteiger charge is 2.06. The molecule has 0 aliphatic heterocycles. The van der Waals surface area contributed by atoms with Crippen LogP contribution >= 0.6 is 15.9 Å². The lowest BCUT2D eigenvalue weighted by atomic mass is 10.3. The number of nitrogen functional groups attached to an aromatic ring is 1. The highest BCUT2D eigenvalue weighted by Crippen LogP contribution is 2.22. The molecule has 4 heteroatoms. The number of hydrogen-bond acceptors (Lipinski definition) is 2. The molecule has 0 atom stereocenters. The van der Waals surface area contributed by atoms with Crippen molar-refractivity contribution in [2.24, 2.45) is 0 Å². The first-order valence-corrected chi connectivity index (χ1v) is 4.38. The fraction of sp³-hybridized carbons (Fsp3) is 0.125. The van der Waals surface area contributed by atoms with Gasteiger partial charge in [-0.3, -0.25) is 4.40 Å². The summed E-state index contributed by atoms with van der Waals surface area (Å²) < 4.78 is 2.66. The van der Waals surface area contributed by atoms with E-state index in [0.717, 1.165) is 15.7 Å². The minimum atomic E-state index is 0.514. The first kappa shape index (κ1) is 7.61. The number of halogens is 1. The molecule has 0 saturated carbocycles. The Kier molecular flexibility index (Phi) is 1.58. The molecule has 3 nitrogen and oxygen atoms in total. The van der Waals surface area contributed by atoms with Crippen LogP contribution in [0.25, 0.3) is 5.52 Å². The quantitative estimate of drug-likeness (QED) is 0.746. The van der Waals surface area contributed by atoms with Gasteiger partial charge in [0.25, 0.3) is 0 Å². The molecule has 0 bridgehead atoms. The van der Waals surface area contributed by atoms with E-state index in [9.17, 15) is 0 Å². The Morgan fingerprint density at radius 2 is 2.33 bits per heavy atom. The molecule has 2 rings (SSSR count). The number of nitrogens with two attached hydrogens (primary N) is 1. The van der Waals surface area contributed by atoms with Crippen molar-refractivity contribution in [3.63, 3.8) is 0 Å². The zero-order valence-electron chi connectivity index (χ0n) is 6.58. The molecule has 0 unspecified atom stereocenters. The lowest BCUT2D eigenvalue weighted by Crippen LogP contribution is -1.93. The minimum Gasteiger partial charge on any atom is -0.369 e. The molecule has 0 fully saturated rings. The Bertz CT molecular complexity index is 433. The molecule has 12 heavy (non-hydrogen) atoms. The Balaban J connectivity index is 2.99. The van der Waals surface area contributed by atoms with Gasteiger partial charge in [-0.25, -0.2) is 4.98 Å². The molecule has 0 amide bonds. The van der Waals surface area contributed by atoms with Gasteiger partial charge in [0, 0.05) is 6.20 Å². The van der Waals surface area contributed by atoms with Gasteiger partial charge in [-0.1, -0.05) is 6.07 Å². The van der Waals surface area contributed by atoms with E-state index in [-0.39, 0.29) is 0 Å². The Morgan fingerprint density at radius 3 is 3.00 bits per heavy atom. The maximum absolute atomic E-state index is 5.67. The van der Waals surface area contributed by atoms with E-state index in [4.69, 9.17) is 5.73 Å². The van der Waals surface area contributed by atoms with E-state index >= 15 is 0 Å². The van der Waals surface area contributed by atoms with E-state index in [1.807, 2.05) is 29.7 Å². The molecule has 62 valence electrons. The summed E-state index contributed by atoms with van der Waals surface area (Å²) in [5.74, 6) is 0.514. The van der Waals surface area contributed by atoms with Gasteiger partial charge in [0.15, 0.2) is 0 Å². The number of imidazole rings is 1. The van der Waals surface area contributed by atoms with Gasteiger partial charge in [0.1, 0.15) is 4.60 Å². The third kappa shape index (κ3) is 0.914. The lowest BCUT2D eigenvalue weighted by molar-refractivity contribution is 1.16. The van der Waals surface area contributed by atoms with Crippen molar-refractivity contribution in [3.05, 3.63) is 28.5 Å². The summed E-state index contributed by atoms with van der Waals surface area (Å²) in [5, 5.41) is 0. The maximum Gasteiger partial charge on any atom is 0.205 e.